The van der Waals surface area contributed by atoms with E-state index in [1.54, 1.807) is 6.07 Å². The molecule has 0 aliphatic heterocycles. The van der Waals surface area contributed by atoms with Crippen LogP contribution in [0.5, 0.6) is 0 Å². The average Bonchev–Trinajstić information content (AvgIpc) is 3.24. The number of nitrogens with zero attached hydrogens (tertiary/aromatic N) is 4. The van der Waals surface area contributed by atoms with E-state index in [1.807, 2.05) is 73.7 Å². The summed E-state index contributed by atoms with van der Waals surface area (Å²) >= 11 is 3.51. The van der Waals surface area contributed by atoms with Crippen LogP contribution in [-0.4, -0.2) is 19.9 Å². The number of rotatable bonds is 3. The van der Waals surface area contributed by atoms with Gasteiger partial charge in [-0.1, -0.05) is 63.6 Å². The molecule has 0 saturated carbocycles. The van der Waals surface area contributed by atoms with Crippen LogP contribution >= 0.6 is 15.9 Å². The molecule has 2 aromatic heterocycles. The fourth-order valence-corrected chi connectivity index (χ4v) is 3.82. The third kappa shape index (κ3) is 3.13. The van der Waals surface area contributed by atoms with Gasteiger partial charge in [0.2, 0.25) is 5.82 Å². The van der Waals surface area contributed by atoms with Crippen molar-refractivity contribution in [2.24, 2.45) is 0 Å². The lowest BCUT2D eigenvalue weighted by atomic mass is 10.1. The molecule has 146 valence electrons. The maximum Gasteiger partial charge on any atom is 0.279 e. The van der Waals surface area contributed by atoms with Crippen LogP contribution in [0.2, 0.25) is 0 Å². The zero-order valence-corrected chi connectivity index (χ0v) is 17.5. The summed E-state index contributed by atoms with van der Waals surface area (Å²) in [5.74, 6) is 0.690. The first-order chi connectivity index (χ1) is 14.6. The predicted octanol–water partition coefficient (Wildman–Crippen LogP) is 5.17. The molecule has 6 nitrogen and oxygen atoms in total. The Kier molecular flexibility index (Phi) is 4.52. The second-order valence-electron chi connectivity index (χ2n) is 6.85. The maximum absolute atomic E-state index is 13.1. The summed E-state index contributed by atoms with van der Waals surface area (Å²) in [6.07, 6.45) is 0. The SMILES string of the molecule is Cc1cccc(-n2nc(-c3nc(-c4ccccc4Br)no3)c3ccccc3c2=O)c1. The standard InChI is InChI=1S/C23H15BrN4O2/c1-14-7-6-8-15(13-14)28-23(29)17-10-3-2-9-16(17)20(26-28)22-25-21(27-30-22)18-11-4-5-12-19(18)24/h2-13H,1H3. The first-order valence-electron chi connectivity index (χ1n) is 9.30. The van der Waals surface area contributed by atoms with Crippen molar-refractivity contribution in [3.63, 3.8) is 0 Å². The van der Waals surface area contributed by atoms with Crippen molar-refractivity contribution in [3.8, 4) is 28.7 Å². The van der Waals surface area contributed by atoms with Crippen LogP contribution in [0.3, 0.4) is 0 Å². The Bertz CT molecular complexity index is 1460. The molecule has 0 atom stereocenters. The molecule has 0 bridgehead atoms. The summed E-state index contributed by atoms with van der Waals surface area (Å²) in [5, 5.41) is 9.93. The van der Waals surface area contributed by atoms with Gasteiger partial charge in [-0.15, -0.1) is 0 Å². The van der Waals surface area contributed by atoms with Crippen LogP contribution in [0.1, 0.15) is 5.56 Å². The molecule has 0 fully saturated rings. The Morgan fingerprint density at radius 2 is 1.70 bits per heavy atom. The van der Waals surface area contributed by atoms with Crippen molar-refractivity contribution in [1.82, 2.24) is 19.9 Å². The molecular weight excluding hydrogens is 444 g/mol. The van der Waals surface area contributed by atoms with Gasteiger partial charge in [0.15, 0.2) is 5.69 Å². The van der Waals surface area contributed by atoms with Gasteiger partial charge in [-0.05, 0) is 42.8 Å². The van der Waals surface area contributed by atoms with E-state index in [2.05, 4.69) is 31.2 Å². The fraction of sp³-hybridized carbons (Fsp3) is 0.0435. The lowest BCUT2D eigenvalue weighted by Gasteiger charge is -2.09. The number of fused-ring (bicyclic) bond motifs is 1. The summed E-state index contributed by atoms with van der Waals surface area (Å²) in [4.78, 5) is 17.7. The van der Waals surface area contributed by atoms with E-state index in [4.69, 9.17) is 4.52 Å². The van der Waals surface area contributed by atoms with Crippen molar-refractivity contribution in [3.05, 3.63) is 93.2 Å². The second kappa shape index (κ2) is 7.35. The molecule has 0 aliphatic carbocycles. The van der Waals surface area contributed by atoms with E-state index in [-0.39, 0.29) is 11.4 Å². The first kappa shape index (κ1) is 18.4. The maximum atomic E-state index is 13.1. The smallest absolute Gasteiger partial charge is 0.279 e. The summed E-state index contributed by atoms with van der Waals surface area (Å²) < 4.78 is 7.81. The second-order valence-corrected chi connectivity index (χ2v) is 7.71. The average molecular weight is 459 g/mol. The molecule has 30 heavy (non-hydrogen) atoms. The van der Waals surface area contributed by atoms with E-state index in [1.165, 1.54) is 4.68 Å². The normalized spacial score (nSPS) is 11.1. The number of benzene rings is 3. The van der Waals surface area contributed by atoms with Gasteiger partial charge in [-0.2, -0.15) is 14.8 Å². The molecule has 3 aromatic carbocycles. The van der Waals surface area contributed by atoms with E-state index >= 15 is 0 Å². The molecule has 0 amide bonds. The van der Waals surface area contributed by atoms with Gasteiger partial charge in [0.25, 0.3) is 11.4 Å². The third-order valence-corrected chi connectivity index (χ3v) is 5.49. The molecule has 5 aromatic rings. The van der Waals surface area contributed by atoms with Gasteiger partial charge in [0.1, 0.15) is 0 Å². The number of halogens is 1. The van der Waals surface area contributed by atoms with Gasteiger partial charge in [-0.3, -0.25) is 4.79 Å². The molecule has 0 unspecified atom stereocenters. The molecule has 7 heteroatoms. The van der Waals surface area contributed by atoms with Crippen LogP contribution < -0.4 is 5.56 Å². The largest absolute Gasteiger partial charge is 0.332 e. The molecule has 0 aliphatic rings. The highest BCUT2D eigenvalue weighted by atomic mass is 79.9. The minimum absolute atomic E-state index is 0.203. The zero-order valence-electron chi connectivity index (χ0n) is 15.9. The first-order valence-corrected chi connectivity index (χ1v) is 10.1. The number of aromatic nitrogens is 4. The summed E-state index contributed by atoms with van der Waals surface area (Å²) in [5.41, 5.74) is 2.77. The van der Waals surface area contributed by atoms with Crippen molar-refractivity contribution >= 4 is 26.7 Å². The van der Waals surface area contributed by atoms with Crippen LogP contribution in [0, 0.1) is 6.92 Å². The number of hydrogen-bond donors (Lipinski definition) is 0. The number of aryl methyl sites for hydroxylation is 1. The highest BCUT2D eigenvalue weighted by Crippen LogP contribution is 2.29. The van der Waals surface area contributed by atoms with E-state index in [0.717, 1.165) is 15.6 Å². The molecule has 0 spiro atoms. The summed E-state index contributed by atoms with van der Waals surface area (Å²) in [6.45, 7) is 1.97. The van der Waals surface area contributed by atoms with Crippen molar-refractivity contribution in [2.75, 3.05) is 0 Å². The van der Waals surface area contributed by atoms with Crippen LogP contribution in [-0.2, 0) is 0 Å². The fourth-order valence-electron chi connectivity index (χ4n) is 3.35. The van der Waals surface area contributed by atoms with Crippen LogP contribution in [0.4, 0.5) is 0 Å². The lowest BCUT2D eigenvalue weighted by molar-refractivity contribution is 0.430. The van der Waals surface area contributed by atoms with Crippen molar-refractivity contribution in [1.29, 1.82) is 0 Å². The summed E-state index contributed by atoms with van der Waals surface area (Å²) in [6, 6.07) is 22.6. The quantitative estimate of drug-likeness (QED) is 0.372. The van der Waals surface area contributed by atoms with E-state index in [0.29, 0.717) is 28.0 Å². The Morgan fingerprint density at radius 3 is 2.50 bits per heavy atom. The highest BCUT2D eigenvalue weighted by Gasteiger charge is 2.19. The highest BCUT2D eigenvalue weighted by molar-refractivity contribution is 9.10. The Balaban J connectivity index is 1.75. The van der Waals surface area contributed by atoms with Gasteiger partial charge in [-0.25, -0.2) is 0 Å². The number of hydrogen-bond acceptors (Lipinski definition) is 5. The van der Waals surface area contributed by atoms with E-state index in [9.17, 15) is 4.79 Å². The van der Waals surface area contributed by atoms with Crippen molar-refractivity contribution in [2.45, 2.75) is 6.92 Å². The van der Waals surface area contributed by atoms with Crippen molar-refractivity contribution < 1.29 is 4.52 Å². The van der Waals surface area contributed by atoms with Crippen LogP contribution in [0.25, 0.3) is 39.4 Å². The molecule has 0 saturated heterocycles. The predicted molar refractivity (Wildman–Crippen MR) is 119 cm³/mol. The Hall–Kier alpha value is -3.58. The lowest BCUT2D eigenvalue weighted by Crippen LogP contribution is -2.22. The van der Waals surface area contributed by atoms with Gasteiger partial charge in [0, 0.05) is 15.4 Å². The third-order valence-electron chi connectivity index (χ3n) is 4.79. The Morgan fingerprint density at radius 1 is 0.933 bits per heavy atom. The minimum atomic E-state index is -0.203. The molecule has 0 N–H and O–H groups in total. The van der Waals surface area contributed by atoms with Gasteiger partial charge < -0.3 is 4.52 Å². The molecular formula is C23H15BrN4O2. The molecule has 5 rings (SSSR count). The van der Waals surface area contributed by atoms with E-state index < -0.39 is 0 Å². The van der Waals surface area contributed by atoms with Gasteiger partial charge >= 0.3 is 0 Å². The molecule has 0 radical (unpaired) electrons. The zero-order chi connectivity index (χ0) is 20.7. The van der Waals surface area contributed by atoms with Gasteiger partial charge in [0.05, 0.1) is 11.1 Å². The monoisotopic (exact) mass is 458 g/mol. The molecule has 2 heterocycles. The summed E-state index contributed by atoms with van der Waals surface area (Å²) in [7, 11) is 0. The van der Waals surface area contributed by atoms with Crippen LogP contribution in [0.15, 0.2) is 86.6 Å². The topological polar surface area (TPSA) is 73.8 Å². The minimum Gasteiger partial charge on any atom is -0.332 e. The Labute approximate surface area is 179 Å².